The van der Waals surface area contributed by atoms with Crippen molar-refractivity contribution in [1.29, 1.82) is 0 Å². The summed E-state index contributed by atoms with van der Waals surface area (Å²) in [6.07, 6.45) is -5.23. The van der Waals surface area contributed by atoms with Gasteiger partial charge in [0.2, 0.25) is 0 Å². The maximum absolute atomic E-state index is 13.1. The van der Waals surface area contributed by atoms with Gasteiger partial charge in [0.05, 0.1) is 30.9 Å². The first-order valence-corrected chi connectivity index (χ1v) is 7.69. The Balaban J connectivity index is 2.02. The summed E-state index contributed by atoms with van der Waals surface area (Å²) in [5.41, 5.74) is -0.576. The summed E-state index contributed by atoms with van der Waals surface area (Å²) in [7, 11) is 0. The van der Waals surface area contributed by atoms with E-state index in [1.165, 1.54) is 12.1 Å². The monoisotopic (exact) mass is 346 g/mol. The molecule has 2 rings (SSSR count). The number of ether oxygens (including phenoxy) is 1. The number of carbonyl (C=O) groups is 1. The molecule has 5 nitrogen and oxygen atoms in total. The lowest BCUT2D eigenvalue weighted by molar-refractivity contribution is -0.138. The molecule has 1 saturated heterocycles. The van der Waals surface area contributed by atoms with E-state index < -0.39 is 41.9 Å². The zero-order valence-corrected chi connectivity index (χ0v) is 13.4. The van der Waals surface area contributed by atoms with Gasteiger partial charge in [-0.1, -0.05) is 25.1 Å². The molecule has 0 saturated carbocycles. The van der Waals surface area contributed by atoms with Crippen molar-refractivity contribution in [2.24, 2.45) is 0 Å². The molecule has 1 aromatic rings. The number of alkyl halides is 3. The van der Waals surface area contributed by atoms with Gasteiger partial charge in [-0.3, -0.25) is 0 Å². The molecule has 0 unspecified atom stereocenters. The Kier molecular flexibility index (Phi) is 5.71. The van der Waals surface area contributed by atoms with E-state index in [0.29, 0.717) is 0 Å². The van der Waals surface area contributed by atoms with Gasteiger partial charge in [0, 0.05) is 12.0 Å². The molecule has 2 amide bonds. The SMILES string of the molecule is C[C@H](NC(=O)N[C@@H]1COC[C@@H]1O)[C@H](C)c1ccccc1C(F)(F)F. The van der Waals surface area contributed by atoms with Crippen LogP contribution in [0.5, 0.6) is 0 Å². The quantitative estimate of drug-likeness (QED) is 0.783. The summed E-state index contributed by atoms with van der Waals surface area (Å²) in [6.45, 7) is 3.62. The van der Waals surface area contributed by atoms with Gasteiger partial charge in [-0.15, -0.1) is 0 Å². The average molecular weight is 346 g/mol. The maximum atomic E-state index is 13.1. The van der Waals surface area contributed by atoms with Crippen LogP contribution in [-0.2, 0) is 10.9 Å². The van der Waals surface area contributed by atoms with Crippen molar-refractivity contribution in [3.8, 4) is 0 Å². The average Bonchev–Trinajstić information content (AvgIpc) is 2.90. The molecular weight excluding hydrogens is 325 g/mol. The highest BCUT2D eigenvalue weighted by atomic mass is 19.4. The van der Waals surface area contributed by atoms with Crippen molar-refractivity contribution < 1.29 is 27.8 Å². The summed E-state index contributed by atoms with van der Waals surface area (Å²) in [5.74, 6) is -0.543. The van der Waals surface area contributed by atoms with E-state index >= 15 is 0 Å². The van der Waals surface area contributed by atoms with Gasteiger partial charge >= 0.3 is 12.2 Å². The number of amides is 2. The summed E-state index contributed by atoms with van der Waals surface area (Å²) >= 11 is 0. The van der Waals surface area contributed by atoms with Crippen LogP contribution in [0.2, 0.25) is 0 Å². The van der Waals surface area contributed by atoms with E-state index in [4.69, 9.17) is 4.74 Å². The zero-order chi connectivity index (χ0) is 17.9. The van der Waals surface area contributed by atoms with Crippen LogP contribution in [0.15, 0.2) is 24.3 Å². The van der Waals surface area contributed by atoms with Crippen molar-refractivity contribution in [2.45, 2.75) is 44.1 Å². The number of benzene rings is 1. The van der Waals surface area contributed by atoms with Crippen LogP contribution in [0, 0.1) is 0 Å². The van der Waals surface area contributed by atoms with Gasteiger partial charge in [-0.2, -0.15) is 13.2 Å². The third kappa shape index (κ3) is 4.39. The van der Waals surface area contributed by atoms with Gasteiger partial charge in [0.15, 0.2) is 0 Å². The summed E-state index contributed by atoms with van der Waals surface area (Å²) in [6, 6.07) is 3.73. The lowest BCUT2D eigenvalue weighted by Crippen LogP contribution is -2.50. The fourth-order valence-electron chi connectivity index (χ4n) is 2.64. The number of hydrogen-bond donors (Lipinski definition) is 3. The van der Waals surface area contributed by atoms with Gasteiger partial charge in [0.25, 0.3) is 0 Å². The molecular formula is C16H21F3N2O3. The van der Waals surface area contributed by atoms with E-state index in [-0.39, 0.29) is 18.8 Å². The Hall–Kier alpha value is -1.80. The number of urea groups is 1. The Morgan fingerprint density at radius 1 is 1.29 bits per heavy atom. The largest absolute Gasteiger partial charge is 0.416 e. The van der Waals surface area contributed by atoms with Crippen LogP contribution in [0.1, 0.15) is 30.9 Å². The number of hydrogen-bond acceptors (Lipinski definition) is 3. The second kappa shape index (κ2) is 7.40. The van der Waals surface area contributed by atoms with Crippen LogP contribution in [0.25, 0.3) is 0 Å². The van der Waals surface area contributed by atoms with E-state index in [1.54, 1.807) is 19.9 Å². The highest BCUT2D eigenvalue weighted by molar-refractivity contribution is 5.74. The summed E-state index contributed by atoms with van der Waals surface area (Å²) < 4.78 is 44.3. The lowest BCUT2D eigenvalue weighted by Gasteiger charge is -2.25. The van der Waals surface area contributed by atoms with E-state index in [2.05, 4.69) is 10.6 Å². The highest BCUT2D eigenvalue weighted by Crippen LogP contribution is 2.35. The van der Waals surface area contributed by atoms with Crippen LogP contribution in [-0.4, -0.2) is 42.5 Å². The third-order valence-corrected chi connectivity index (χ3v) is 4.23. The predicted molar refractivity (Wildman–Crippen MR) is 81.6 cm³/mol. The summed E-state index contributed by atoms with van der Waals surface area (Å²) in [4.78, 5) is 12.0. The number of aliphatic hydroxyl groups excluding tert-OH is 1. The van der Waals surface area contributed by atoms with Crippen molar-refractivity contribution in [1.82, 2.24) is 10.6 Å². The minimum absolute atomic E-state index is 0.127. The molecule has 1 heterocycles. The zero-order valence-electron chi connectivity index (χ0n) is 13.4. The molecule has 1 aliphatic heterocycles. The molecule has 0 aromatic heterocycles. The van der Waals surface area contributed by atoms with Crippen molar-refractivity contribution >= 4 is 6.03 Å². The van der Waals surface area contributed by atoms with E-state index in [0.717, 1.165) is 6.07 Å². The molecule has 0 radical (unpaired) electrons. The standard InChI is InChI=1S/C16H21F3N2O3/c1-9(11-5-3-4-6-12(11)16(17,18)19)10(2)20-15(23)21-13-7-24-8-14(13)22/h3-6,9-10,13-14,22H,7-8H2,1-2H3,(H2,20,21,23)/t9-,10-,13+,14-/m0/s1. The molecule has 8 heteroatoms. The normalized spacial score (nSPS) is 23.6. The fourth-order valence-corrected chi connectivity index (χ4v) is 2.64. The number of nitrogens with one attached hydrogen (secondary N) is 2. The molecule has 0 spiro atoms. The molecule has 24 heavy (non-hydrogen) atoms. The van der Waals surface area contributed by atoms with Gasteiger partial charge in [-0.05, 0) is 18.6 Å². The number of halogens is 3. The molecule has 1 aliphatic rings. The molecule has 3 N–H and O–H groups in total. The van der Waals surface area contributed by atoms with E-state index in [1.807, 2.05) is 0 Å². The number of rotatable bonds is 4. The third-order valence-electron chi connectivity index (χ3n) is 4.23. The molecule has 0 bridgehead atoms. The molecule has 1 fully saturated rings. The second-order valence-electron chi connectivity index (χ2n) is 5.99. The van der Waals surface area contributed by atoms with Gasteiger partial charge in [-0.25, -0.2) is 4.79 Å². The predicted octanol–water partition coefficient (Wildman–Crippen LogP) is 2.26. The topological polar surface area (TPSA) is 70.6 Å². The first kappa shape index (κ1) is 18.5. The second-order valence-corrected chi connectivity index (χ2v) is 5.99. The molecule has 134 valence electrons. The Morgan fingerprint density at radius 2 is 1.96 bits per heavy atom. The van der Waals surface area contributed by atoms with Crippen molar-refractivity contribution in [3.63, 3.8) is 0 Å². The molecule has 1 aromatic carbocycles. The maximum Gasteiger partial charge on any atom is 0.416 e. The van der Waals surface area contributed by atoms with Crippen LogP contribution >= 0.6 is 0 Å². The first-order chi connectivity index (χ1) is 11.2. The Bertz CT molecular complexity index is 580. The minimum Gasteiger partial charge on any atom is -0.388 e. The Morgan fingerprint density at radius 3 is 2.54 bits per heavy atom. The van der Waals surface area contributed by atoms with Crippen LogP contribution in [0.4, 0.5) is 18.0 Å². The minimum atomic E-state index is -4.45. The smallest absolute Gasteiger partial charge is 0.388 e. The molecule has 0 aliphatic carbocycles. The van der Waals surface area contributed by atoms with Crippen LogP contribution < -0.4 is 10.6 Å². The van der Waals surface area contributed by atoms with Crippen molar-refractivity contribution in [3.05, 3.63) is 35.4 Å². The van der Waals surface area contributed by atoms with Gasteiger partial charge < -0.3 is 20.5 Å². The van der Waals surface area contributed by atoms with E-state index in [9.17, 15) is 23.1 Å². The first-order valence-electron chi connectivity index (χ1n) is 7.69. The molecule has 4 atom stereocenters. The Labute approximate surface area is 138 Å². The lowest BCUT2D eigenvalue weighted by atomic mass is 9.90. The van der Waals surface area contributed by atoms with Gasteiger partial charge in [0.1, 0.15) is 0 Å². The highest BCUT2D eigenvalue weighted by Gasteiger charge is 2.35. The fraction of sp³-hybridized carbons (Fsp3) is 0.562. The number of carbonyl (C=O) groups excluding carboxylic acids is 1. The van der Waals surface area contributed by atoms with Crippen LogP contribution in [0.3, 0.4) is 0 Å². The number of aliphatic hydroxyl groups is 1. The van der Waals surface area contributed by atoms with Crippen molar-refractivity contribution in [2.75, 3.05) is 13.2 Å². The summed E-state index contributed by atoms with van der Waals surface area (Å²) in [5, 5.41) is 14.8.